The van der Waals surface area contributed by atoms with E-state index in [1.54, 1.807) is 0 Å². The summed E-state index contributed by atoms with van der Waals surface area (Å²) in [5.41, 5.74) is 8.15. The first kappa shape index (κ1) is 18.1. The summed E-state index contributed by atoms with van der Waals surface area (Å²) in [5, 5.41) is 3.03. The van der Waals surface area contributed by atoms with Crippen molar-refractivity contribution in [1.82, 2.24) is 9.97 Å². The van der Waals surface area contributed by atoms with E-state index in [-0.39, 0.29) is 0 Å². The third-order valence-electron chi connectivity index (χ3n) is 5.94. The van der Waals surface area contributed by atoms with Crippen molar-refractivity contribution in [2.45, 2.75) is 77.8 Å². The molecule has 0 N–H and O–H groups in total. The standard InChI is InChI=1S/C22H32N2Si2/c1-25(2,3)19-13-15-9-7-11-17(15)23-21(19)22-20(26(4,5)6)14-16-10-8-12-18(16)24-22/h13-14H,7-12H2,1-6H3. The molecule has 0 amide bonds. The number of pyridine rings is 2. The van der Waals surface area contributed by atoms with Gasteiger partial charge in [0.1, 0.15) is 0 Å². The monoisotopic (exact) mass is 380 g/mol. The molecule has 0 saturated heterocycles. The molecule has 4 heteroatoms. The normalized spacial score (nSPS) is 16.7. The van der Waals surface area contributed by atoms with E-state index < -0.39 is 16.1 Å². The van der Waals surface area contributed by atoms with Gasteiger partial charge < -0.3 is 0 Å². The van der Waals surface area contributed by atoms with Gasteiger partial charge in [-0.2, -0.15) is 0 Å². The van der Waals surface area contributed by atoms with E-state index in [1.165, 1.54) is 70.0 Å². The van der Waals surface area contributed by atoms with Gasteiger partial charge in [-0.3, -0.25) is 9.97 Å². The van der Waals surface area contributed by atoms with E-state index in [2.05, 4.69) is 51.4 Å². The summed E-state index contributed by atoms with van der Waals surface area (Å²) in [7, 11) is -3.00. The van der Waals surface area contributed by atoms with Gasteiger partial charge in [0, 0.05) is 11.4 Å². The lowest BCUT2D eigenvalue weighted by atomic mass is 10.1. The van der Waals surface area contributed by atoms with Crippen LogP contribution in [-0.2, 0) is 25.7 Å². The molecule has 0 atom stereocenters. The van der Waals surface area contributed by atoms with Gasteiger partial charge in [0.05, 0.1) is 27.5 Å². The molecule has 0 saturated carbocycles. The van der Waals surface area contributed by atoms with Crippen molar-refractivity contribution in [3.63, 3.8) is 0 Å². The first-order valence-electron chi connectivity index (χ1n) is 10.2. The van der Waals surface area contributed by atoms with Gasteiger partial charge in [0.25, 0.3) is 0 Å². The molecule has 4 rings (SSSR count). The minimum absolute atomic E-state index is 1.14. The summed E-state index contributed by atoms with van der Waals surface area (Å²) in [5.74, 6) is 0. The minimum atomic E-state index is -1.50. The van der Waals surface area contributed by atoms with Gasteiger partial charge in [0.2, 0.25) is 0 Å². The summed E-state index contributed by atoms with van der Waals surface area (Å²) in [6.45, 7) is 14.7. The Balaban J connectivity index is 2.01. The Hall–Kier alpha value is -1.27. The molecule has 2 nitrogen and oxygen atoms in total. The van der Waals surface area contributed by atoms with Crippen molar-refractivity contribution in [2.24, 2.45) is 0 Å². The summed E-state index contributed by atoms with van der Waals surface area (Å²) in [6, 6.07) is 5.03. The lowest BCUT2D eigenvalue weighted by molar-refractivity contribution is 0.897. The van der Waals surface area contributed by atoms with E-state index in [4.69, 9.17) is 9.97 Å². The molecule has 2 heterocycles. The van der Waals surface area contributed by atoms with Crippen molar-refractivity contribution in [3.8, 4) is 11.4 Å². The number of fused-ring (bicyclic) bond motifs is 2. The maximum absolute atomic E-state index is 5.28. The lowest BCUT2D eigenvalue weighted by Crippen LogP contribution is -2.44. The predicted molar refractivity (Wildman–Crippen MR) is 117 cm³/mol. The van der Waals surface area contributed by atoms with E-state index >= 15 is 0 Å². The average Bonchev–Trinajstić information content (AvgIpc) is 3.18. The highest BCUT2D eigenvalue weighted by Crippen LogP contribution is 2.28. The fraction of sp³-hybridized carbons (Fsp3) is 0.545. The Labute approximate surface area is 160 Å². The number of aromatic nitrogens is 2. The maximum Gasteiger partial charge on any atom is 0.0881 e. The van der Waals surface area contributed by atoms with Crippen molar-refractivity contribution in [3.05, 3.63) is 34.6 Å². The Kier molecular flexibility index (Phi) is 4.27. The van der Waals surface area contributed by atoms with Gasteiger partial charge in [-0.1, -0.05) is 51.4 Å². The second kappa shape index (κ2) is 6.13. The highest BCUT2D eigenvalue weighted by atomic mass is 28.3. The highest BCUT2D eigenvalue weighted by molar-refractivity contribution is 6.91. The van der Waals surface area contributed by atoms with Gasteiger partial charge in [-0.05, 0) is 60.0 Å². The third-order valence-corrected chi connectivity index (χ3v) is 9.94. The zero-order valence-electron chi connectivity index (χ0n) is 17.3. The summed E-state index contributed by atoms with van der Waals surface area (Å²) < 4.78 is 0. The molecule has 2 aromatic heterocycles. The highest BCUT2D eigenvalue weighted by Gasteiger charge is 2.31. The van der Waals surface area contributed by atoms with Gasteiger partial charge in [0.15, 0.2) is 0 Å². The second-order valence-electron chi connectivity index (χ2n) is 10.2. The van der Waals surface area contributed by atoms with Crippen molar-refractivity contribution in [2.75, 3.05) is 0 Å². The average molecular weight is 381 g/mol. The van der Waals surface area contributed by atoms with E-state index in [1.807, 2.05) is 0 Å². The fourth-order valence-corrected chi connectivity index (χ4v) is 7.43. The molecule has 138 valence electrons. The Morgan fingerprint density at radius 3 is 1.35 bits per heavy atom. The molecule has 26 heavy (non-hydrogen) atoms. The molecular formula is C22H32N2Si2. The minimum Gasteiger partial charge on any atom is -0.251 e. The van der Waals surface area contributed by atoms with Crippen molar-refractivity contribution in [1.29, 1.82) is 0 Å². The molecule has 2 aromatic rings. The SMILES string of the molecule is C[Si](C)(C)c1cc2c(nc1-c1nc3c(cc1[Si](C)(C)C)CCC3)CCC2. The number of rotatable bonds is 3. The molecule has 0 spiro atoms. The summed E-state index contributed by atoms with van der Waals surface area (Å²) in [4.78, 5) is 10.6. The molecule has 0 aliphatic heterocycles. The smallest absolute Gasteiger partial charge is 0.0881 e. The van der Waals surface area contributed by atoms with Crippen LogP contribution < -0.4 is 10.4 Å². The molecule has 2 aliphatic rings. The van der Waals surface area contributed by atoms with Crippen molar-refractivity contribution < 1.29 is 0 Å². The third kappa shape index (κ3) is 3.11. The number of hydrogen-bond donors (Lipinski definition) is 0. The topological polar surface area (TPSA) is 25.8 Å². The van der Waals surface area contributed by atoms with Crippen LogP contribution in [0.25, 0.3) is 11.4 Å². The van der Waals surface area contributed by atoms with Gasteiger partial charge in [-0.25, -0.2) is 0 Å². The Morgan fingerprint density at radius 2 is 1.00 bits per heavy atom. The molecule has 0 fully saturated rings. The van der Waals surface area contributed by atoms with E-state index in [0.29, 0.717) is 0 Å². The quantitative estimate of drug-likeness (QED) is 0.745. The Morgan fingerprint density at radius 1 is 0.615 bits per heavy atom. The first-order valence-corrected chi connectivity index (χ1v) is 17.2. The molecule has 0 bridgehead atoms. The van der Waals surface area contributed by atoms with Crippen LogP contribution in [0.15, 0.2) is 12.1 Å². The zero-order valence-corrected chi connectivity index (χ0v) is 19.3. The summed E-state index contributed by atoms with van der Waals surface area (Å²) >= 11 is 0. The van der Waals surface area contributed by atoms with Crippen LogP contribution in [0.5, 0.6) is 0 Å². The van der Waals surface area contributed by atoms with Crippen LogP contribution in [0, 0.1) is 0 Å². The molecule has 0 unspecified atom stereocenters. The second-order valence-corrected chi connectivity index (χ2v) is 20.3. The van der Waals surface area contributed by atoms with Crippen molar-refractivity contribution >= 4 is 26.5 Å². The van der Waals surface area contributed by atoms with Crippen LogP contribution in [-0.4, -0.2) is 26.1 Å². The van der Waals surface area contributed by atoms with Gasteiger partial charge in [-0.15, -0.1) is 0 Å². The molecule has 0 radical (unpaired) electrons. The van der Waals surface area contributed by atoms with Crippen LogP contribution in [0.3, 0.4) is 0 Å². The number of hydrogen-bond acceptors (Lipinski definition) is 2. The maximum atomic E-state index is 5.28. The Bertz CT molecular complexity index is 800. The molecular weight excluding hydrogens is 348 g/mol. The largest absolute Gasteiger partial charge is 0.251 e. The molecule has 2 aliphatic carbocycles. The van der Waals surface area contributed by atoms with Crippen LogP contribution >= 0.6 is 0 Å². The number of aryl methyl sites for hydroxylation is 4. The fourth-order valence-electron chi connectivity index (χ4n) is 4.45. The van der Waals surface area contributed by atoms with Crippen LogP contribution in [0.4, 0.5) is 0 Å². The first-order chi connectivity index (χ1) is 12.1. The molecule has 0 aromatic carbocycles. The van der Waals surface area contributed by atoms with E-state index in [0.717, 1.165) is 12.8 Å². The van der Waals surface area contributed by atoms with Crippen LogP contribution in [0.2, 0.25) is 39.3 Å². The zero-order chi connectivity index (χ0) is 18.7. The lowest BCUT2D eigenvalue weighted by Gasteiger charge is -2.26. The van der Waals surface area contributed by atoms with E-state index in [9.17, 15) is 0 Å². The van der Waals surface area contributed by atoms with Crippen LogP contribution in [0.1, 0.15) is 35.4 Å². The number of nitrogens with zero attached hydrogens (tertiary/aromatic N) is 2. The summed E-state index contributed by atoms with van der Waals surface area (Å²) in [6.07, 6.45) is 7.21. The van der Waals surface area contributed by atoms with Gasteiger partial charge >= 0.3 is 0 Å². The predicted octanol–water partition coefficient (Wildman–Crippen LogP) is 4.21.